The van der Waals surface area contributed by atoms with Gasteiger partial charge in [0, 0.05) is 35.8 Å². The van der Waals surface area contributed by atoms with Crippen molar-refractivity contribution in [1.29, 1.82) is 0 Å². The zero-order valence-electron chi connectivity index (χ0n) is 13.8. The number of rotatable bonds is 8. The summed E-state index contributed by atoms with van der Waals surface area (Å²) in [5.41, 5.74) is 1.84. The van der Waals surface area contributed by atoms with E-state index in [1.54, 1.807) is 25.3 Å². The third-order valence-electron chi connectivity index (χ3n) is 4.03. The van der Waals surface area contributed by atoms with Gasteiger partial charge < -0.3 is 14.8 Å². The van der Waals surface area contributed by atoms with E-state index in [4.69, 9.17) is 21.1 Å². The van der Waals surface area contributed by atoms with Gasteiger partial charge in [-0.1, -0.05) is 11.6 Å². The van der Waals surface area contributed by atoms with Crippen LogP contribution in [-0.4, -0.2) is 18.1 Å². The molecular formula is C18H19ClN2O4. The van der Waals surface area contributed by atoms with Crippen LogP contribution in [0.2, 0.25) is 5.02 Å². The van der Waals surface area contributed by atoms with Crippen molar-refractivity contribution >= 4 is 17.3 Å². The molecule has 0 radical (unpaired) electrons. The molecule has 0 saturated heterocycles. The molecule has 1 aliphatic rings. The van der Waals surface area contributed by atoms with Gasteiger partial charge in [0.2, 0.25) is 0 Å². The van der Waals surface area contributed by atoms with Crippen LogP contribution in [0.3, 0.4) is 0 Å². The second-order valence-electron chi connectivity index (χ2n) is 5.96. The lowest BCUT2D eigenvalue weighted by molar-refractivity contribution is -0.384. The minimum Gasteiger partial charge on any atom is -0.493 e. The zero-order chi connectivity index (χ0) is 17.8. The van der Waals surface area contributed by atoms with Crippen molar-refractivity contribution in [3.63, 3.8) is 0 Å². The molecule has 2 aromatic rings. The smallest absolute Gasteiger partial charge is 0.269 e. The maximum Gasteiger partial charge on any atom is 0.269 e. The molecular weight excluding hydrogens is 344 g/mol. The zero-order valence-corrected chi connectivity index (χ0v) is 14.6. The number of methoxy groups -OCH3 is 1. The lowest BCUT2D eigenvalue weighted by Gasteiger charge is -2.14. The number of nitro groups is 1. The van der Waals surface area contributed by atoms with Crippen LogP contribution in [0.4, 0.5) is 5.69 Å². The molecule has 0 atom stereocenters. The van der Waals surface area contributed by atoms with Crippen LogP contribution in [0.1, 0.15) is 24.0 Å². The number of halogens is 1. The van der Waals surface area contributed by atoms with Crippen molar-refractivity contribution in [2.45, 2.75) is 32.0 Å². The molecule has 132 valence electrons. The Balaban J connectivity index is 1.68. The first-order chi connectivity index (χ1) is 12.1. The van der Waals surface area contributed by atoms with Crippen LogP contribution >= 0.6 is 11.6 Å². The van der Waals surface area contributed by atoms with Crippen LogP contribution in [0, 0.1) is 10.1 Å². The summed E-state index contributed by atoms with van der Waals surface area (Å²) in [4.78, 5) is 10.3. The van der Waals surface area contributed by atoms with Gasteiger partial charge in [-0.3, -0.25) is 10.1 Å². The fourth-order valence-electron chi connectivity index (χ4n) is 2.40. The molecule has 25 heavy (non-hydrogen) atoms. The van der Waals surface area contributed by atoms with Gasteiger partial charge in [-0.25, -0.2) is 0 Å². The van der Waals surface area contributed by atoms with E-state index in [9.17, 15) is 10.1 Å². The maximum absolute atomic E-state index is 10.7. The summed E-state index contributed by atoms with van der Waals surface area (Å²) < 4.78 is 11.2. The number of nitrogens with one attached hydrogen (secondary N) is 1. The first-order valence-electron chi connectivity index (χ1n) is 8.02. The van der Waals surface area contributed by atoms with E-state index in [0.29, 0.717) is 29.1 Å². The van der Waals surface area contributed by atoms with Crippen molar-refractivity contribution in [3.8, 4) is 11.5 Å². The molecule has 0 unspecified atom stereocenters. The largest absolute Gasteiger partial charge is 0.493 e. The molecule has 0 heterocycles. The van der Waals surface area contributed by atoms with E-state index < -0.39 is 4.92 Å². The second kappa shape index (κ2) is 7.72. The Morgan fingerprint density at radius 2 is 1.96 bits per heavy atom. The van der Waals surface area contributed by atoms with E-state index in [2.05, 4.69) is 5.32 Å². The Labute approximate surface area is 150 Å². The average molecular weight is 363 g/mol. The third-order valence-corrected chi connectivity index (χ3v) is 4.38. The van der Waals surface area contributed by atoms with Gasteiger partial charge in [-0.15, -0.1) is 0 Å². The van der Waals surface area contributed by atoms with Crippen LogP contribution in [0.5, 0.6) is 11.5 Å². The third kappa shape index (κ3) is 4.61. The van der Waals surface area contributed by atoms with E-state index >= 15 is 0 Å². The lowest BCUT2D eigenvalue weighted by atomic mass is 10.2. The molecule has 1 N–H and O–H groups in total. The second-order valence-corrected chi connectivity index (χ2v) is 6.37. The van der Waals surface area contributed by atoms with E-state index in [1.165, 1.54) is 25.0 Å². The van der Waals surface area contributed by atoms with Gasteiger partial charge in [0.1, 0.15) is 6.61 Å². The lowest BCUT2D eigenvalue weighted by Crippen LogP contribution is -2.15. The number of ether oxygens (including phenoxy) is 2. The minimum atomic E-state index is -0.429. The fourth-order valence-corrected chi connectivity index (χ4v) is 2.62. The highest BCUT2D eigenvalue weighted by Crippen LogP contribution is 2.34. The normalized spacial score (nSPS) is 13.5. The molecule has 1 fully saturated rings. The van der Waals surface area contributed by atoms with Crippen LogP contribution in [0.25, 0.3) is 0 Å². The quantitative estimate of drug-likeness (QED) is 0.565. The molecule has 7 heteroatoms. The maximum atomic E-state index is 10.7. The monoisotopic (exact) mass is 362 g/mol. The van der Waals surface area contributed by atoms with Crippen molar-refractivity contribution < 1.29 is 14.4 Å². The van der Waals surface area contributed by atoms with Gasteiger partial charge >= 0.3 is 0 Å². The van der Waals surface area contributed by atoms with Crippen LogP contribution in [-0.2, 0) is 13.2 Å². The van der Waals surface area contributed by atoms with Crippen molar-refractivity contribution in [2.75, 3.05) is 7.11 Å². The number of non-ortho nitro benzene ring substituents is 1. The number of hydrogen-bond donors (Lipinski definition) is 1. The van der Waals surface area contributed by atoms with Crippen molar-refractivity contribution in [1.82, 2.24) is 5.32 Å². The topological polar surface area (TPSA) is 73.6 Å². The molecule has 6 nitrogen and oxygen atoms in total. The number of nitro benzene ring substituents is 1. The van der Waals surface area contributed by atoms with Gasteiger partial charge in [0.15, 0.2) is 11.5 Å². The van der Waals surface area contributed by atoms with Gasteiger partial charge in [-0.05, 0) is 42.2 Å². The molecule has 3 rings (SSSR count). The predicted molar refractivity (Wildman–Crippen MR) is 95.3 cm³/mol. The standard InChI is InChI=1S/C18H19ClN2O4/c1-24-17-8-13(10-20-14-4-5-14)16(19)9-18(17)25-11-12-2-6-15(7-3-12)21(22)23/h2-3,6-9,14,20H,4-5,10-11H2,1H3. The summed E-state index contributed by atoms with van der Waals surface area (Å²) in [5, 5.41) is 14.7. The van der Waals surface area contributed by atoms with Crippen molar-refractivity contribution in [2.24, 2.45) is 0 Å². The molecule has 1 aliphatic carbocycles. The summed E-state index contributed by atoms with van der Waals surface area (Å²) in [6.07, 6.45) is 2.43. The van der Waals surface area contributed by atoms with Crippen LogP contribution in [0.15, 0.2) is 36.4 Å². The number of hydrogen-bond acceptors (Lipinski definition) is 5. The summed E-state index contributed by atoms with van der Waals surface area (Å²) in [6.45, 7) is 0.965. The fraction of sp³-hybridized carbons (Fsp3) is 0.333. The highest BCUT2D eigenvalue weighted by molar-refractivity contribution is 6.31. The highest BCUT2D eigenvalue weighted by Gasteiger charge is 2.21. The Morgan fingerprint density at radius 1 is 1.24 bits per heavy atom. The molecule has 0 bridgehead atoms. The van der Waals surface area contributed by atoms with E-state index in [0.717, 1.165) is 11.1 Å². The molecule has 0 aromatic heterocycles. The Kier molecular flexibility index (Phi) is 5.40. The summed E-state index contributed by atoms with van der Waals surface area (Å²) >= 11 is 6.35. The highest BCUT2D eigenvalue weighted by atomic mass is 35.5. The first-order valence-corrected chi connectivity index (χ1v) is 8.40. The van der Waals surface area contributed by atoms with E-state index in [-0.39, 0.29) is 12.3 Å². The van der Waals surface area contributed by atoms with Crippen LogP contribution < -0.4 is 14.8 Å². The predicted octanol–water partition coefficient (Wildman–Crippen LogP) is 4.09. The van der Waals surface area contributed by atoms with Gasteiger partial charge in [0.25, 0.3) is 5.69 Å². The Morgan fingerprint density at radius 3 is 2.56 bits per heavy atom. The number of nitrogens with zero attached hydrogens (tertiary/aromatic N) is 1. The Hall–Kier alpha value is -2.31. The molecule has 2 aromatic carbocycles. The van der Waals surface area contributed by atoms with Crippen molar-refractivity contribution in [3.05, 3.63) is 62.7 Å². The summed E-state index contributed by atoms with van der Waals surface area (Å²) in [6, 6.07) is 10.5. The molecule has 0 aliphatic heterocycles. The molecule has 0 spiro atoms. The van der Waals surface area contributed by atoms with Gasteiger partial charge in [0.05, 0.1) is 12.0 Å². The summed E-state index contributed by atoms with van der Waals surface area (Å²) in [7, 11) is 1.58. The SMILES string of the molecule is COc1cc(CNC2CC2)c(Cl)cc1OCc1ccc([N+](=O)[O-])cc1. The molecule has 1 saturated carbocycles. The summed E-state index contributed by atoms with van der Waals surface area (Å²) in [5.74, 6) is 1.15. The van der Waals surface area contributed by atoms with E-state index in [1.807, 2.05) is 6.07 Å². The van der Waals surface area contributed by atoms with Gasteiger partial charge in [-0.2, -0.15) is 0 Å². The minimum absolute atomic E-state index is 0.0527. The number of benzene rings is 2. The first kappa shape index (κ1) is 17.5. The molecule has 0 amide bonds. The average Bonchev–Trinajstić information content (AvgIpc) is 3.43. The Bertz CT molecular complexity index is 760.